The van der Waals surface area contributed by atoms with Gasteiger partial charge in [0.2, 0.25) is 10.0 Å². The van der Waals surface area contributed by atoms with Crippen molar-refractivity contribution >= 4 is 21.6 Å². The van der Waals surface area contributed by atoms with Gasteiger partial charge in [-0.25, -0.2) is 8.42 Å². The molecule has 43 heavy (non-hydrogen) atoms. The van der Waals surface area contributed by atoms with E-state index in [1.807, 2.05) is 62.4 Å². The predicted octanol–water partition coefficient (Wildman–Crippen LogP) is 4.71. The number of nitrogens with one attached hydrogen (secondary N) is 3. The Bertz CT molecular complexity index is 1670. The molecule has 4 aromatic rings. The molecule has 1 atom stereocenters. The number of phenolic OH excluding ortho intramolecular Hbond substituents is 2. The monoisotopic (exact) mass is 603 g/mol. The van der Waals surface area contributed by atoms with Crippen molar-refractivity contribution in [2.45, 2.75) is 38.5 Å². The number of hydrogen-bond donors (Lipinski definition) is 6. The minimum absolute atomic E-state index is 0.00770. The van der Waals surface area contributed by atoms with Gasteiger partial charge in [-0.05, 0) is 84.5 Å². The second kappa shape index (κ2) is 13.3. The Hall–Kier alpha value is -4.38. The third kappa shape index (κ3) is 9.31. The smallest absolute Gasteiger partial charge is 0.251 e. The molecule has 0 bridgehead atoms. The molecule has 1 amide bonds. The van der Waals surface area contributed by atoms with Crippen LogP contribution in [0.5, 0.6) is 11.5 Å². The van der Waals surface area contributed by atoms with E-state index >= 15 is 0 Å². The summed E-state index contributed by atoms with van der Waals surface area (Å²) in [5.41, 5.74) is 4.53. The summed E-state index contributed by atoms with van der Waals surface area (Å²) in [5.74, 6) is -0.202. The number of anilines is 1. The van der Waals surface area contributed by atoms with Crippen molar-refractivity contribution in [2.75, 3.05) is 17.5 Å². The first-order chi connectivity index (χ1) is 20.3. The number of phenols is 2. The second-order valence-corrected chi connectivity index (χ2v) is 13.0. The van der Waals surface area contributed by atoms with Gasteiger partial charge >= 0.3 is 0 Å². The molecular weight excluding hydrogens is 566 g/mol. The highest BCUT2D eigenvalue weighted by molar-refractivity contribution is 7.92. The van der Waals surface area contributed by atoms with Crippen LogP contribution in [0.15, 0.2) is 91.0 Å². The van der Waals surface area contributed by atoms with Crippen LogP contribution in [0.2, 0.25) is 0 Å². The molecule has 10 heteroatoms. The van der Waals surface area contributed by atoms with Gasteiger partial charge in [0.1, 0.15) is 11.5 Å². The highest BCUT2D eigenvalue weighted by atomic mass is 32.2. The summed E-state index contributed by atoms with van der Waals surface area (Å²) < 4.78 is 25.4. The Balaban J connectivity index is 1.31. The summed E-state index contributed by atoms with van der Waals surface area (Å²) in [6.45, 7) is 4.61. The van der Waals surface area contributed by atoms with E-state index in [9.17, 15) is 28.5 Å². The van der Waals surface area contributed by atoms with Gasteiger partial charge in [0, 0.05) is 24.2 Å². The number of hydrogen-bond acceptors (Lipinski definition) is 7. The Morgan fingerprint density at radius 1 is 0.860 bits per heavy atom. The SMILES string of the molecule is CC(C)(Cc1cccc(CNC(=O)c2ccc(-c3ccc(O)cc3)cc2)c1)NC[C@@H](O)c1ccc(O)c(NS(C)(=O)=O)c1. The quantitative estimate of drug-likeness (QED) is 0.129. The lowest BCUT2D eigenvalue weighted by molar-refractivity contribution is 0.0951. The number of aromatic hydroxyl groups is 2. The average molecular weight is 604 g/mol. The van der Waals surface area contributed by atoms with Crippen LogP contribution in [0.4, 0.5) is 5.69 Å². The molecule has 0 spiro atoms. The fraction of sp³-hybridized carbons (Fsp3) is 0.242. The van der Waals surface area contributed by atoms with Gasteiger partial charge < -0.3 is 26.0 Å². The molecular formula is C33H37N3O6S. The molecule has 0 aromatic heterocycles. The lowest BCUT2D eigenvalue weighted by atomic mass is 9.93. The zero-order valence-electron chi connectivity index (χ0n) is 24.3. The molecule has 4 aromatic carbocycles. The Morgan fingerprint density at radius 3 is 2.14 bits per heavy atom. The molecule has 0 aliphatic rings. The van der Waals surface area contributed by atoms with Gasteiger partial charge in [-0.1, -0.05) is 54.6 Å². The van der Waals surface area contributed by atoms with Gasteiger partial charge in [-0.3, -0.25) is 9.52 Å². The van der Waals surface area contributed by atoms with Crippen LogP contribution in [0.3, 0.4) is 0 Å². The maximum Gasteiger partial charge on any atom is 0.251 e. The number of benzene rings is 4. The van der Waals surface area contributed by atoms with Crippen LogP contribution in [0, 0.1) is 0 Å². The number of β-amino-alcohol motifs (C(OH)–C–C–N with tert-alkyl or cyclic N) is 1. The Morgan fingerprint density at radius 2 is 1.49 bits per heavy atom. The molecule has 0 heterocycles. The van der Waals surface area contributed by atoms with E-state index in [1.165, 1.54) is 12.1 Å². The van der Waals surface area contributed by atoms with E-state index in [0.717, 1.165) is 28.5 Å². The zero-order valence-corrected chi connectivity index (χ0v) is 25.2. The third-order valence-electron chi connectivity index (χ3n) is 6.91. The van der Waals surface area contributed by atoms with Gasteiger partial charge in [0.05, 0.1) is 18.0 Å². The summed E-state index contributed by atoms with van der Waals surface area (Å²) in [6.07, 6.45) is 0.704. The molecule has 0 unspecified atom stereocenters. The highest BCUT2D eigenvalue weighted by Crippen LogP contribution is 2.28. The summed E-state index contributed by atoms with van der Waals surface area (Å²) in [7, 11) is -3.59. The number of rotatable bonds is 12. The van der Waals surface area contributed by atoms with Crippen molar-refractivity contribution in [3.63, 3.8) is 0 Å². The van der Waals surface area contributed by atoms with Gasteiger partial charge in [0.15, 0.2) is 0 Å². The molecule has 0 radical (unpaired) electrons. The van der Waals surface area contributed by atoms with E-state index in [0.29, 0.717) is 24.1 Å². The van der Waals surface area contributed by atoms with Crippen molar-refractivity contribution in [2.24, 2.45) is 0 Å². The zero-order chi connectivity index (χ0) is 31.2. The van der Waals surface area contributed by atoms with Crippen LogP contribution < -0.4 is 15.4 Å². The van der Waals surface area contributed by atoms with E-state index < -0.39 is 21.7 Å². The number of carbonyl (C=O) groups excluding carboxylic acids is 1. The first-order valence-electron chi connectivity index (χ1n) is 13.8. The van der Waals surface area contributed by atoms with Crippen molar-refractivity contribution in [3.05, 3.63) is 113 Å². The summed E-state index contributed by atoms with van der Waals surface area (Å²) >= 11 is 0. The number of aliphatic hydroxyl groups excluding tert-OH is 1. The van der Waals surface area contributed by atoms with Crippen molar-refractivity contribution < 1.29 is 28.5 Å². The molecule has 4 rings (SSSR count). The van der Waals surface area contributed by atoms with Crippen molar-refractivity contribution in [1.82, 2.24) is 10.6 Å². The van der Waals surface area contributed by atoms with E-state index in [2.05, 4.69) is 15.4 Å². The normalized spacial score (nSPS) is 12.5. The van der Waals surface area contributed by atoms with Crippen LogP contribution in [-0.2, 0) is 23.0 Å². The summed E-state index contributed by atoms with van der Waals surface area (Å²) in [4.78, 5) is 12.8. The Kier molecular flexibility index (Phi) is 9.75. The average Bonchev–Trinajstić information content (AvgIpc) is 2.95. The molecule has 9 nitrogen and oxygen atoms in total. The van der Waals surface area contributed by atoms with Gasteiger partial charge in [-0.2, -0.15) is 0 Å². The molecule has 0 aliphatic heterocycles. The molecule has 226 valence electrons. The second-order valence-electron chi connectivity index (χ2n) is 11.2. The van der Waals surface area contributed by atoms with Crippen LogP contribution >= 0.6 is 0 Å². The van der Waals surface area contributed by atoms with Crippen LogP contribution in [0.25, 0.3) is 11.1 Å². The predicted molar refractivity (Wildman–Crippen MR) is 168 cm³/mol. The largest absolute Gasteiger partial charge is 0.508 e. The minimum atomic E-state index is -3.59. The summed E-state index contributed by atoms with van der Waals surface area (Å²) in [6, 6.07) is 26.4. The van der Waals surface area contributed by atoms with Crippen molar-refractivity contribution in [3.8, 4) is 22.6 Å². The van der Waals surface area contributed by atoms with Crippen molar-refractivity contribution in [1.29, 1.82) is 0 Å². The fourth-order valence-electron chi connectivity index (χ4n) is 4.71. The standard InChI is InChI=1S/C33H37N3O6S/c1-33(2,35-21-31(39)27-13-16-30(38)29(18-27)36-43(3,41)42)19-22-5-4-6-23(17-22)20-34-32(40)26-9-7-24(8-10-26)25-11-14-28(37)15-12-25/h4-18,31,35-39H,19-21H2,1-3H3,(H,34,40)/t31-/m1/s1. The van der Waals surface area contributed by atoms with E-state index in [-0.39, 0.29) is 29.6 Å². The lowest BCUT2D eigenvalue weighted by Gasteiger charge is -2.28. The Labute approximate surface area is 252 Å². The lowest BCUT2D eigenvalue weighted by Crippen LogP contribution is -2.43. The van der Waals surface area contributed by atoms with Gasteiger partial charge in [0.25, 0.3) is 5.91 Å². The first kappa shape index (κ1) is 31.6. The number of aliphatic hydroxyl groups is 1. The number of amides is 1. The first-order valence-corrected chi connectivity index (χ1v) is 15.7. The maximum atomic E-state index is 12.8. The molecule has 6 N–H and O–H groups in total. The number of carbonyl (C=O) groups is 1. The highest BCUT2D eigenvalue weighted by Gasteiger charge is 2.21. The van der Waals surface area contributed by atoms with Gasteiger partial charge in [-0.15, -0.1) is 0 Å². The van der Waals surface area contributed by atoms with E-state index in [1.54, 1.807) is 30.3 Å². The van der Waals surface area contributed by atoms with E-state index in [4.69, 9.17) is 0 Å². The fourth-order valence-corrected chi connectivity index (χ4v) is 5.27. The molecule has 0 saturated heterocycles. The van der Waals surface area contributed by atoms with Crippen LogP contribution in [0.1, 0.15) is 47.0 Å². The number of sulfonamides is 1. The topological polar surface area (TPSA) is 148 Å². The molecule has 0 aliphatic carbocycles. The molecule has 0 saturated carbocycles. The minimum Gasteiger partial charge on any atom is -0.508 e. The molecule has 0 fully saturated rings. The van der Waals surface area contributed by atoms with Crippen LogP contribution in [-0.4, -0.2) is 48.0 Å². The maximum absolute atomic E-state index is 12.8. The summed E-state index contributed by atoms with van der Waals surface area (Å²) in [5, 5.41) is 36.5. The third-order valence-corrected chi connectivity index (χ3v) is 7.50.